The lowest BCUT2D eigenvalue weighted by atomic mass is 10.0. The Balaban J connectivity index is 1.22. The highest BCUT2D eigenvalue weighted by atomic mass is 16.5. The lowest BCUT2D eigenvalue weighted by Gasteiger charge is -2.37. The first kappa shape index (κ1) is 23.1. The molecule has 3 aromatic heterocycles. The first-order chi connectivity index (χ1) is 16.5. The van der Waals surface area contributed by atoms with Crippen LogP contribution in [0.1, 0.15) is 29.0 Å². The lowest BCUT2D eigenvalue weighted by molar-refractivity contribution is -0.137. The molecule has 0 unspecified atom stereocenters. The second-order valence-corrected chi connectivity index (χ2v) is 8.13. The fourth-order valence-electron chi connectivity index (χ4n) is 4.03. The summed E-state index contributed by atoms with van der Waals surface area (Å²) in [6.45, 7) is 2.34. The van der Waals surface area contributed by atoms with E-state index in [9.17, 15) is 9.59 Å². The molecule has 11 heteroatoms. The zero-order valence-electron chi connectivity index (χ0n) is 18.9. The van der Waals surface area contributed by atoms with E-state index < -0.39 is 5.91 Å². The Kier molecular flexibility index (Phi) is 6.98. The average Bonchev–Trinajstić information content (AvgIpc) is 3.28. The second-order valence-electron chi connectivity index (χ2n) is 8.13. The van der Waals surface area contributed by atoms with Crippen LogP contribution in [0.2, 0.25) is 0 Å². The maximum Gasteiger partial charge on any atom is 0.267 e. The summed E-state index contributed by atoms with van der Waals surface area (Å²) < 4.78 is 7.51. The predicted octanol–water partition coefficient (Wildman–Crippen LogP) is 0.941. The highest BCUT2D eigenvalue weighted by Gasteiger charge is 2.26. The molecule has 1 fully saturated rings. The van der Waals surface area contributed by atoms with Crippen molar-refractivity contribution in [3.05, 3.63) is 48.2 Å². The fraction of sp³-hybridized carbons (Fsp3) is 0.391. The molecular weight excluding hydrogens is 436 g/mol. The van der Waals surface area contributed by atoms with Crippen molar-refractivity contribution in [3.63, 3.8) is 0 Å². The van der Waals surface area contributed by atoms with E-state index in [1.807, 2.05) is 29.9 Å². The van der Waals surface area contributed by atoms with Crippen molar-refractivity contribution in [2.45, 2.75) is 25.4 Å². The molecule has 176 valence electrons. The molecule has 0 aromatic carbocycles. The molecular formula is C23H26N8O3. The number of nitrogens with zero attached hydrogens (tertiary/aromatic N) is 7. The lowest BCUT2D eigenvalue weighted by Crippen LogP contribution is -2.47. The summed E-state index contributed by atoms with van der Waals surface area (Å²) in [4.78, 5) is 40.5. The third-order valence-corrected chi connectivity index (χ3v) is 6.05. The van der Waals surface area contributed by atoms with E-state index in [1.165, 1.54) is 6.20 Å². The number of hydrogen-bond donors (Lipinski definition) is 1. The molecule has 0 aliphatic carbocycles. The second kappa shape index (κ2) is 10.3. The number of nitrogens with two attached hydrogens (primary N) is 1. The molecule has 2 amide bonds. The van der Waals surface area contributed by atoms with Gasteiger partial charge in [-0.1, -0.05) is 0 Å². The minimum atomic E-state index is -0.574. The van der Waals surface area contributed by atoms with Gasteiger partial charge in [-0.15, -0.1) is 0 Å². The van der Waals surface area contributed by atoms with Gasteiger partial charge in [0.1, 0.15) is 29.8 Å². The molecule has 4 rings (SSSR count). The third-order valence-electron chi connectivity index (χ3n) is 6.05. The molecule has 34 heavy (non-hydrogen) atoms. The first-order valence-corrected chi connectivity index (χ1v) is 11.0. The zero-order chi connectivity index (χ0) is 24.1. The maximum absolute atomic E-state index is 12.6. The van der Waals surface area contributed by atoms with E-state index in [4.69, 9.17) is 15.7 Å². The van der Waals surface area contributed by atoms with E-state index in [1.54, 1.807) is 23.2 Å². The number of fused-ring (bicyclic) bond motifs is 1. The Morgan fingerprint density at radius 3 is 2.71 bits per heavy atom. The monoisotopic (exact) mass is 462 g/mol. The van der Waals surface area contributed by atoms with Crippen LogP contribution in [-0.2, 0) is 16.1 Å². The topological polar surface area (TPSA) is 143 Å². The van der Waals surface area contributed by atoms with Crippen molar-refractivity contribution in [1.82, 2.24) is 24.4 Å². The number of anilines is 1. The third kappa shape index (κ3) is 5.13. The molecule has 1 saturated heterocycles. The number of aromatic nitrogens is 4. The highest BCUT2D eigenvalue weighted by molar-refractivity contribution is 5.93. The van der Waals surface area contributed by atoms with Crippen LogP contribution < -0.4 is 10.6 Å². The molecule has 0 saturated carbocycles. The summed E-state index contributed by atoms with van der Waals surface area (Å²) in [7, 11) is 1.81. The molecule has 11 nitrogen and oxygen atoms in total. The van der Waals surface area contributed by atoms with Crippen LogP contribution in [0.5, 0.6) is 0 Å². The number of nitriles is 1. The number of likely N-dealkylation sites (N-methyl/N-ethyl adjacent to an activating group) is 1. The number of pyridine rings is 1. The summed E-state index contributed by atoms with van der Waals surface area (Å²) >= 11 is 0. The minimum Gasteiger partial charge on any atom is -0.370 e. The van der Waals surface area contributed by atoms with Crippen LogP contribution in [0.25, 0.3) is 11.0 Å². The number of carbonyl (C=O) groups excluding carboxylic acids is 2. The van der Waals surface area contributed by atoms with Gasteiger partial charge >= 0.3 is 0 Å². The Labute approximate surface area is 196 Å². The van der Waals surface area contributed by atoms with Crippen LogP contribution in [0.3, 0.4) is 0 Å². The van der Waals surface area contributed by atoms with Crippen molar-refractivity contribution in [1.29, 1.82) is 5.26 Å². The Morgan fingerprint density at radius 2 is 2.03 bits per heavy atom. The summed E-state index contributed by atoms with van der Waals surface area (Å²) in [5.74, 6) is 0.100. The first-order valence-electron chi connectivity index (χ1n) is 11.0. The van der Waals surface area contributed by atoms with Gasteiger partial charge in [-0.25, -0.2) is 15.0 Å². The number of primary amides is 1. The van der Waals surface area contributed by atoms with Gasteiger partial charge in [0.25, 0.3) is 5.91 Å². The van der Waals surface area contributed by atoms with Crippen LogP contribution in [-0.4, -0.2) is 75.6 Å². The zero-order valence-corrected chi connectivity index (χ0v) is 18.9. The molecule has 0 spiro atoms. The van der Waals surface area contributed by atoms with Crippen molar-refractivity contribution >= 4 is 28.7 Å². The van der Waals surface area contributed by atoms with Crippen molar-refractivity contribution in [3.8, 4) is 6.07 Å². The Hall–Kier alpha value is -4.04. The number of amides is 2. The van der Waals surface area contributed by atoms with Gasteiger partial charge in [0, 0.05) is 44.3 Å². The van der Waals surface area contributed by atoms with Crippen LogP contribution >= 0.6 is 0 Å². The maximum atomic E-state index is 12.6. The number of ether oxygens (including phenoxy) is 1. The number of piperidine rings is 1. The summed E-state index contributed by atoms with van der Waals surface area (Å²) in [5, 5.41) is 9.75. The van der Waals surface area contributed by atoms with Gasteiger partial charge in [0.15, 0.2) is 5.69 Å². The molecule has 0 atom stereocenters. The average molecular weight is 463 g/mol. The van der Waals surface area contributed by atoms with Crippen LogP contribution in [0, 0.1) is 11.3 Å². The van der Waals surface area contributed by atoms with Crippen LogP contribution in [0.15, 0.2) is 36.8 Å². The van der Waals surface area contributed by atoms with E-state index in [0.717, 1.165) is 37.1 Å². The van der Waals surface area contributed by atoms with Gasteiger partial charge in [0.05, 0.1) is 19.0 Å². The summed E-state index contributed by atoms with van der Waals surface area (Å²) in [5.41, 5.74) is 6.48. The van der Waals surface area contributed by atoms with E-state index in [0.29, 0.717) is 24.5 Å². The van der Waals surface area contributed by atoms with Gasteiger partial charge < -0.3 is 24.8 Å². The quantitative estimate of drug-likeness (QED) is 0.487. The molecule has 0 bridgehead atoms. The fourth-order valence-corrected chi connectivity index (χ4v) is 4.03. The highest BCUT2D eigenvalue weighted by Crippen LogP contribution is 2.20. The standard InChI is InChI=1S/C23H26N8O3/c1-29(18-5-8-30(9-6-18)20-14-26-17(12-24)13-27-20)21(32)15-34-11-10-31-7-4-16-2-3-19(22(25)33)28-23(16)31/h2-4,7,13-14,18H,5-6,8-11,15H2,1H3,(H2,25,33). The smallest absolute Gasteiger partial charge is 0.267 e. The normalized spacial score (nSPS) is 14.2. The number of carbonyl (C=O) groups is 2. The molecule has 1 aliphatic heterocycles. The van der Waals surface area contributed by atoms with Gasteiger partial charge in [-0.3, -0.25) is 9.59 Å². The van der Waals surface area contributed by atoms with Gasteiger partial charge in [-0.2, -0.15) is 5.26 Å². The molecule has 2 N–H and O–H groups in total. The summed E-state index contributed by atoms with van der Waals surface area (Å²) in [6, 6.07) is 7.40. The van der Waals surface area contributed by atoms with Crippen molar-refractivity contribution in [2.75, 3.05) is 38.3 Å². The Morgan fingerprint density at radius 1 is 1.24 bits per heavy atom. The molecule has 1 aliphatic rings. The van der Waals surface area contributed by atoms with E-state index >= 15 is 0 Å². The van der Waals surface area contributed by atoms with Crippen molar-refractivity contribution in [2.24, 2.45) is 5.73 Å². The number of rotatable bonds is 8. The van der Waals surface area contributed by atoms with Crippen LogP contribution in [0.4, 0.5) is 5.82 Å². The van der Waals surface area contributed by atoms with E-state index in [-0.39, 0.29) is 24.2 Å². The predicted molar refractivity (Wildman–Crippen MR) is 124 cm³/mol. The Bertz CT molecular complexity index is 1210. The molecule has 3 aromatic rings. The summed E-state index contributed by atoms with van der Waals surface area (Å²) in [6.07, 6.45) is 6.57. The van der Waals surface area contributed by atoms with Gasteiger partial charge in [-0.05, 0) is 31.0 Å². The number of hydrogen-bond acceptors (Lipinski definition) is 8. The molecule has 4 heterocycles. The minimum absolute atomic E-state index is 0.00300. The largest absolute Gasteiger partial charge is 0.370 e. The SMILES string of the molecule is CN(C(=O)COCCn1ccc2ccc(C(N)=O)nc21)C1CCN(c2cnc(C#N)cn2)CC1. The van der Waals surface area contributed by atoms with Gasteiger partial charge in [0.2, 0.25) is 5.91 Å². The van der Waals surface area contributed by atoms with Crippen molar-refractivity contribution < 1.29 is 14.3 Å². The molecule has 0 radical (unpaired) electrons. The van der Waals surface area contributed by atoms with E-state index in [2.05, 4.69) is 19.9 Å².